The van der Waals surface area contributed by atoms with Gasteiger partial charge < -0.3 is 10.7 Å². The minimum Gasteiger partial charge on any atom is -0.399 e. The van der Waals surface area contributed by atoms with Gasteiger partial charge in [-0.15, -0.1) is 0 Å². The van der Waals surface area contributed by atoms with Crippen LogP contribution in [0.4, 0.5) is 5.69 Å². The average molecular weight is 223 g/mol. The van der Waals surface area contributed by atoms with E-state index in [1.54, 1.807) is 0 Å². The molecular formula is C14H13N3. The molecule has 0 unspecified atom stereocenters. The van der Waals surface area contributed by atoms with Crippen LogP contribution in [0.25, 0.3) is 22.0 Å². The number of pyridine rings is 1. The first-order valence-electron chi connectivity index (χ1n) is 5.54. The molecule has 3 N–H and O–H groups in total. The first kappa shape index (κ1) is 9.90. The largest absolute Gasteiger partial charge is 0.399 e. The van der Waals surface area contributed by atoms with Crippen molar-refractivity contribution in [2.45, 2.75) is 6.92 Å². The van der Waals surface area contributed by atoms with Crippen molar-refractivity contribution in [2.75, 3.05) is 5.73 Å². The predicted molar refractivity (Wildman–Crippen MR) is 70.7 cm³/mol. The SMILES string of the molecule is Cc1cc(-c2c[nH]c3cc(N)ccc23)ccn1. The van der Waals surface area contributed by atoms with Crippen LogP contribution in [0.15, 0.2) is 42.7 Å². The number of aromatic nitrogens is 2. The molecule has 0 radical (unpaired) electrons. The molecule has 2 aromatic heterocycles. The highest BCUT2D eigenvalue weighted by Crippen LogP contribution is 2.29. The summed E-state index contributed by atoms with van der Waals surface area (Å²) in [6, 6.07) is 10.0. The number of nitrogens with one attached hydrogen (secondary N) is 1. The summed E-state index contributed by atoms with van der Waals surface area (Å²) in [5.41, 5.74) is 11.0. The van der Waals surface area contributed by atoms with Gasteiger partial charge in [0.15, 0.2) is 0 Å². The zero-order chi connectivity index (χ0) is 11.8. The molecule has 0 spiro atoms. The molecule has 0 saturated heterocycles. The van der Waals surface area contributed by atoms with Gasteiger partial charge in [-0.25, -0.2) is 0 Å². The minimum absolute atomic E-state index is 0.775. The van der Waals surface area contributed by atoms with Crippen LogP contribution in [0.1, 0.15) is 5.69 Å². The lowest BCUT2D eigenvalue weighted by atomic mass is 10.1. The molecule has 0 aliphatic rings. The second kappa shape index (κ2) is 3.63. The standard InChI is InChI=1S/C14H13N3/c1-9-6-10(4-5-16-9)13-8-17-14-7-11(15)2-3-12(13)14/h2-8,17H,15H2,1H3. The molecule has 0 aliphatic heterocycles. The van der Waals surface area contributed by atoms with Gasteiger partial charge in [0, 0.05) is 40.2 Å². The molecule has 0 amide bonds. The number of nitrogens with zero attached hydrogens (tertiary/aromatic N) is 1. The topological polar surface area (TPSA) is 54.7 Å². The maximum atomic E-state index is 5.77. The van der Waals surface area contributed by atoms with E-state index in [4.69, 9.17) is 5.73 Å². The second-order valence-corrected chi connectivity index (χ2v) is 4.19. The van der Waals surface area contributed by atoms with E-state index in [0.717, 1.165) is 16.9 Å². The Morgan fingerprint density at radius 1 is 1.18 bits per heavy atom. The highest BCUT2D eigenvalue weighted by molar-refractivity contribution is 5.96. The Labute approximate surface area is 99.3 Å². The van der Waals surface area contributed by atoms with Gasteiger partial charge >= 0.3 is 0 Å². The van der Waals surface area contributed by atoms with Crippen molar-refractivity contribution in [2.24, 2.45) is 0 Å². The van der Waals surface area contributed by atoms with E-state index in [9.17, 15) is 0 Å². The first-order valence-corrected chi connectivity index (χ1v) is 5.54. The fourth-order valence-corrected chi connectivity index (χ4v) is 2.10. The summed E-state index contributed by atoms with van der Waals surface area (Å²) in [5, 5.41) is 1.18. The number of hydrogen-bond acceptors (Lipinski definition) is 2. The third-order valence-corrected chi connectivity index (χ3v) is 2.91. The van der Waals surface area contributed by atoms with Crippen molar-refractivity contribution < 1.29 is 0 Å². The molecule has 2 heterocycles. The highest BCUT2D eigenvalue weighted by Gasteiger charge is 2.06. The first-order chi connectivity index (χ1) is 8.24. The van der Waals surface area contributed by atoms with Crippen LogP contribution in [0.3, 0.4) is 0 Å². The van der Waals surface area contributed by atoms with Gasteiger partial charge in [-0.1, -0.05) is 6.07 Å². The van der Waals surface area contributed by atoms with E-state index in [1.807, 2.05) is 43.6 Å². The van der Waals surface area contributed by atoms with Crippen LogP contribution in [0.2, 0.25) is 0 Å². The van der Waals surface area contributed by atoms with Crippen LogP contribution >= 0.6 is 0 Å². The number of benzene rings is 1. The van der Waals surface area contributed by atoms with E-state index in [0.29, 0.717) is 0 Å². The van der Waals surface area contributed by atoms with E-state index in [-0.39, 0.29) is 0 Å². The molecule has 84 valence electrons. The van der Waals surface area contributed by atoms with Crippen molar-refractivity contribution in [3.63, 3.8) is 0 Å². The number of fused-ring (bicyclic) bond motifs is 1. The fraction of sp³-hybridized carbons (Fsp3) is 0.0714. The van der Waals surface area contributed by atoms with Crippen molar-refractivity contribution in [1.82, 2.24) is 9.97 Å². The van der Waals surface area contributed by atoms with E-state index < -0.39 is 0 Å². The number of anilines is 1. The summed E-state index contributed by atoms with van der Waals surface area (Å²) in [6.45, 7) is 2.00. The van der Waals surface area contributed by atoms with Crippen LogP contribution in [0, 0.1) is 6.92 Å². The summed E-state index contributed by atoms with van der Waals surface area (Å²) in [6.07, 6.45) is 3.85. The van der Waals surface area contributed by atoms with Crippen molar-refractivity contribution in [1.29, 1.82) is 0 Å². The summed E-state index contributed by atoms with van der Waals surface area (Å²) in [5.74, 6) is 0. The van der Waals surface area contributed by atoms with Crippen LogP contribution in [-0.4, -0.2) is 9.97 Å². The molecular weight excluding hydrogens is 210 g/mol. The number of aryl methyl sites for hydroxylation is 1. The Morgan fingerprint density at radius 2 is 2.06 bits per heavy atom. The molecule has 17 heavy (non-hydrogen) atoms. The summed E-state index contributed by atoms with van der Waals surface area (Å²) < 4.78 is 0. The monoisotopic (exact) mass is 223 g/mol. The number of hydrogen-bond donors (Lipinski definition) is 2. The fourth-order valence-electron chi connectivity index (χ4n) is 2.10. The third-order valence-electron chi connectivity index (χ3n) is 2.91. The summed E-state index contributed by atoms with van der Waals surface area (Å²) in [4.78, 5) is 7.46. The van der Waals surface area contributed by atoms with Gasteiger partial charge in [-0.05, 0) is 36.8 Å². The normalized spacial score (nSPS) is 10.9. The lowest BCUT2D eigenvalue weighted by Crippen LogP contribution is -1.84. The minimum atomic E-state index is 0.775. The molecule has 3 heteroatoms. The van der Waals surface area contributed by atoms with Gasteiger partial charge in [0.25, 0.3) is 0 Å². The Morgan fingerprint density at radius 3 is 2.88 bits per heavy atom. The molecule has 0 saturated carbocycles. The van der Waals surface area contributed by atoms with E-state index >= 15 is 0 Å². The van der Waals surface area contributed by atoms with Gasteiger partial charge in [-0.3, -0.25) is 4.98 Å². The number of nitrogen functional groups attached to an aromatic ring is 1. The molecule has 0 aliphatic carbocycles. The lowest BCUT2D eigenvalue weighted by Gasteiger charge is -2.01. The maximum absolute atomic E-state index is 5.77. The zero-order valence-corrected chi connectivity index (χ0v) is 9.57. The number of H-pyrrole nitrogens is 1. The number of rotatable bonds is 1. The number of aromatic amines is 1. The summed E-state index contributed by atoms with van der Waals surface area (Å²) in [7, 11) is 0. The van der Waals surface area contributed by atoms with Crippen molar-refractivity contribution in [3.8, 4) is 11.1 Å². The molecule has 3 rings (SSSR count). The van der Waals surface area contributed by atoms with Gasteiger partial charge in [0.1, 0.15) is 0 Å². The number of nitrogens with two attached hydrogens (primary N) is 1. The Hall–Kier alpha value is -2.29. The second-order valence-electron chi connectivity index (χ2n) is 4.19. The maximum Gasteiger partial charge on any atom is 0.0481 e. The van der Waals surface area contributed by atoms with Gasteiger partial charge in [-0.2, -0.15) is 0 Å². The average Bonchev–Trinajstić information content (AvgIpc) is 2.71. The van der Waals surface area contributed by atoms with Crippen molar-refractivity contribution in [3.05, 3.63) is 48.4 Å². The van der Waals surface area contributed by atoms with Gasteiger partial charge in [0.05, 0.1) is 0 Å². The van der Waals surface area contributed by atoms with E-state index in [1.165, 1.54) is 16.5 Å². The highest BCUT2D eigenvalue weighted by atomic mass is 14.7. The molecule has 0 atom stereocenters. The molecule has 0 fully saturated rings. The quantitative estimate of drug-likeness (QED) is 0.623. The zero-order valence-electron chi connectivity index (χ0n) is 9.57. The molecule has 3 aromatic rings. The lowest BCUT2D eigenvalue weighted by molar-refractivity contribution is 1.20. The molecule has 0 bridgehead atoms. The van der Waals surface area contributed by atoms with E-state index in [2.05, 4.69) is 16.0 Å². The smallest absolute Gasteiger partial charge is 0.0481 e. The van der Waals surface area contributed by atoms with Crippen LogP contribution in [-0.2, 0) is 0 Å². The van der Waals surface area contributed by atoms with Crippen LogP contribution in [0.5, 0.6) is 0 Å². The molecule has 3 nitrogen and oxygen atoms in total. The Bertz CT molecular complexity index is 683. The van der Waals surface area contributed by atoms with Gasteiger partial charge in [0.2, 0.25) is 0 Å². The van der Waals surface area contributed by atoms with Crippen LogP contribution < -0.4 is 5.73 Å². The summed E-state index contributed by atoms with van der Waals surface area (Å²) >= 11 is 0. The predicted octanol–water partition coefficient (Wildman–Crippen LogP) is 3.12. The Balaban J connectivity index is 2.24. The Kier molecular flexibility index (Phi) is 2.11. The molecule has 1 aromatic carbocycles. The third kappa shape index (κ3) is 1.65. The van der Waals surface area contributed by atoms with Crippen molar-refractivity contribution >= 4 is 16.6 Å².